The first-order valence-electron chi connectivity index (χ1n) is 8.47. The van der Waals surface area contributed by atoms with Crippen LogP contribution in [-0.2, 0) is 10.0 Å². The minimum Gasteiger partial charge on any atom is -0.306 e. The van der Waals surface area contributed by atoms with Crippen LogP contribution in [-0.4, -0.2) is 39.5 Å². The highest BCUT2D eigenvalue weighted by Gasteiger charge is 2.46. The van der Waals surface area contributed by atoms with Gasteiger partial charge in [0, 0.05) is 17.5 Å². The van der Waals surface area contributed by atoms with E-state index in [0.29, 0.717) is 5.02 Å². The van der Waals surface area contributed by atoms with Gasteiger partial charge in [-0.25, -0.2) is 8.42 Å². The number of likely N-dealkylation sites (N-methyl/N-ethyl adjacent to an activating group) is 1. The zero-order chi connectivity index (χ0) is 17.8. The summed E-state index contributed by atoms with van der Waals surface area (Å²) in [5, 5.41) is 0.435. The fourth-order valence-electron chi connectivity index (χ4n) is 4.09. The van der Waals surface area contributed by atoms with Gasteiger partial charge in [-0.15, -0.1) is 0 Å². The minimum absolute atomic E-state index is 0.0306. The van der Waals surface area contributed by atoms with Gasteiger partial charge in [0.2, 0.25) is 0 Å². The number of hydrogen-bond acceptors (Lipinski definition) is 3. The number of aryl methyl sites for hydroxylation is 1. The summed E-state index contributed by atoms with van der Waals surface area (Å²) in [6.07, 6.45) is 0.828. The second-order valence-electron chi connectivity index (χ2n) is 7.05. The first-order valence-corrected chi connectivity index (χ1v) is 10.3. The third-order valence-corrected chi connectivity index (χ3v) is 7.32. The summed E-state index contributed by atoms with van der Waals surface area (Å²) in [7, 11) is -1.55. The standard InChI is InChI=1S/C19H21ClN2O2S/c1-13-6-7-18-16(10-13)17-12-21(2)9-8-19(17)22(18)25(23,24)15-5-3-4-14(20)11-15/h3-7,10-11,17,19H,8-9,12H2,1-2H3/t17-,19+/m1/s1. The maximum Gasteiger partial charge on any atom is 0.264 e. The van der Waals surface area contributed by atoms with E-state index in [1.165, 1.54) is 6.07 Å². The van der Waals surface area contributed by atoms with Crippen molar-refractivity contribution in [2.45, 2.75) is 30.2 Å². The molecular formula is C19H21ClN2O2S. The van der Waals surface area contributed by atoms with Crippen molar-refractivity contribution in [3.8, 4) is 0 Å². The van der Waals surface area contributed by atoms with Crippen LogP contribution in [0.3, 0.4) is 0 Å². The fourth-order valence-corrected chi connectivity index (χ4v) is 6.13. The third-order valence-electron chi connectivity index (χ3n) is 5.25. The van der Waals surface area contributed by atoms with E-state index >= 15 is 0 Å². The number of halogens is 1. The molecule has 0 spiro atoms. The van der Waals surface area contributed by atoms with Gasteiger partial charge in [0.05, 0.1) is 16.6 Å². The molecule has 0 radical (unpaired) electrons. The largest absolute Gasteiger partial charge is 0.306 e. The van der Waals surface area contributed by atoms with Gasteiger partial charge in [-0.2, -0.15) is 0 Å². The summed E-state index contributed by atoms with van der Waals surface area (Å²) in [5.74, 6) is 0.211. The van der Waals surface area contributed by atoms with Gasteiger partial charge in [-0.3, -0.25) is 4.31 Å². The monoisotopic (exact) mass is 376 g/mol. The Hall–Kier alpha value is -1.56. The number of likely N-dealkylation sites (tertiary alicyclic amines) is 1. The Morgan fingerprint density at radius 2 is 1.96 bits per heavy atom. The van der Waals surface area contributed by atoms with E-state index in [9.17, 15) is 8.42 Å². The van der Waals surface area contributed by atoms with Crippen molar-refractivity contribution < 1.29 is 8.42 Å². The number of hydrogen-bond donors (Lipinski definition) is 0. The number of sulfonamides is 1. The molecule has 132 valence electrons. The molecule has 2 aromatic carbocycles. The lowest BCUT2D eigenvalue weighted by Gasteiger charge is -2.36. The number of nitrogens with zero attached hydrogens (tertiary/aromatic N) is 2. The lowest BCUT2D eigenvalue weighted by molar-refractivity contribution is 0.237. The molecule has 4 nitrogen and oxygen atoms in total. The minimum atomic E-state index is -3.64. The summed E-state index contributed by atoms with van der Waals surface area (Å²) < 4.78 is 28.5. The van der Waals surface area contributed by atoms with Crippen LogP contribution >= 0.6 is 11.6 Å². The lowest BCUT2D eigenvalue weighted by Crippen LogP contribution is -2.47. The van der Waals surface area contributed by atoms with E-state index in [1.54, 1.807) is 22.5 Å². The van der Waals surface area contributed by atoms with Gasteiger partial charge in [-0.05, 0) is 56.8 Å². The smallest absolute Gasteiger partial charge is 0.264 e. The van der Waals surface area contributed by atoms with E-state index in [0.717, 1.165) is 36.3 Å². The molecule has 0 bridgehead atoms. The Morgan fingerprint density at radius 1 is 1.16 bits per heavy atom. The summed E-state index contributed by atoms with van der Waals surface area (Å²) in [6, 6.07) is 12.6. The molecule has 4 rings (SSSR count). The number of fused-ring (bicyclic) bond motifs is 3. The average molecular weight is 377 g/mol. The van der Waals surface area contributed by atoms with Crippen molar-refractivity contribution in [2.75, 3.05) is 24.4 Å². The van der Waals surface area contributed by atoms with Crippen molar-refractivity contribution in [2.24, 2.45) is 0 Å². The molecule has 2 aromatic rings. The molecule has 2 atom stereocenters. The van der Waals surface area contributed by atoms with Crippen LogP contribution in [0.5, 0.6) is 0 Å². The molecule has 0 aromatic heterocycles. The van der Waals surface area contributed by atoms with Crippen LogP contribution in [0.2, 0.25) is 5.02 Å². The summed E-state index contributed by atoms with van der Waals surface area (Å²) in [5.41, 5.74) is 3.12. The first kappa shape index (κ1) is 16.9. The van der Waals surface area contributed by atoms with E-state index in [1.807, 2.05) is 12.1 Å². The molecule has 25 heavy (non-hydrogen) atoms. The molecule has 0 unspecified atom stereocenters. The number of benzene rings is 2. The van der Waals surface area contributed by atoms with Crippen LogP contribution in [0.25, 0.3) is 0 Å². The van der Waals surface area contributed by atoms with Crippen LogP contribution in [0.1, 0.15) is 23.5 Å². The summed E-state index contributed by atoms with van der Waals surface area (Å²) in [4.78, 5) is 2.54. The first-order chi connectivity index (χ1) is 11.9. The van der Waals surface area contributed by atoms with Crippen LogP contribution in [0.4, 0.5) is 5.69 Å². The van der Waals surface area contributed by atoms with E-state index < -0.39 is 10.0 Å². The van der Waals surface area contributed by atoms with Gasteiger partial charge in [0.1, 0.15) is 0 Å². The Labute approximate surface area is 154 Å². The SMILES string of the molecule is Cc1ccc2c(c1)[C@H]1CN(C)CC[C@@H]1N2S(=O)(=O)c1cccc(Cl)c1. The van der Waals surface area contributed by atoms with Crippen molar-refractivity contribution in [3.05, 3.63) is 58.6 Å². The molecule has 2 heterocycles. The predicted molar refractivity (Wildman–Crippen MR) is 101 cm³/mol. The summed E-state index contributed by atoms with van der Waals surface area (Å²) >= 11 is 6.05. The van der Waals surface area contributed by atoms with E-state index in [-0.39, 0.29) is 16.9 Å². The van der Waals surface area contributed by atoms with Gasteiger partial charge in [0.25, 0.3) is 10.0 Å². The normalized spacial score (nSPS) is 23.4. The zero-order valence-electron chi connectivity index (χ0n) is 14.3. The third kappa shape index (κ3) is 2.75. The van der Waals surface area contributed by atoms with Gasteiger partial charge in [-0.1, -0.05) is 35.4 Å². The highest BCUT2D eigenvalue weighted by Crippen LogP contribution is 2.47. The van der Waals surface area contributed by atoms with E-state index in [4.69, 9.17) is 11.6 Å². The summed E-state index contributed by atoms with van der Waals surface area (Å²) in [6.45, 7) is 3.83. The Bertz CT molecular complexity index is 929. The highest BCUT2D eigenvalue weighted by atomic mass is 35.5. The fraction of sp³-hybridized carbons (Fsp3) is 0.368. The van der Waals surface area contributed by atoms with Crippen LogP contribution in [0.15, 0.2) is 47.4 Å². The van der Waals surface area contributed by atoms with Crippen molar-refractivity contribution >= 4 is 27.3 Å². The molecule has 0 amide bonds. The maximum absolute atomic E-state index is 13.4. The maximum atomic E-state index is 13.4. The zero-order valence-corrected chi connectivity index (χ0v) is 15.9. The highest BCUT2D eigenvalue weighted by molar-refractivity contribution is 7.92. The Kier molecular flexibility index (Phi) is 4.06. The second-order valence-corrected chi connectivity index (χ2v) is 9.30. The van der Waals surface area contributed by atoms with Crippen molar-refractivity contribution in [1.29, 1.82) is 0 Å². The lowest BCUT2D eigenvalue weighted by atomic mass is 9.89. The van der Waals surface area contributed by atoms with Gasteiger partial charge < -0.3 is 4.90 Å². The molecule has 0 saturated carbocycles. The molecule has 2 aliphatic rings. The predicted octanol–water partition coefficient (Wildman–Crippen LogP) is 3.65. The Morgan fingerprint density at radius 3 is 2.72 bits per heavy atom. The van der Waals surface area contributed by atoms with E-state index in [2.05, 4.69) is 24.9 Å². The quantitative estimate of drug-likeness (QED) is 0.803. The number of piperidine rings is 1. The number of anilines is 1. The number of rotatable bonds is 2. The second kappa shape index (κ2) is 6.01. The molecule has 1 saturated heterocycles. The van der Waals surface area contributed by atoms with Crippen LogP contribution in [0, 0.1) is 6.92 Å². The molecule has 2 aliphatic heterocycles. The average Bonchev–Trinajstić information content (AvgIpc) is 2.88. The molecular weight excluding hydrogens is 356 g/mol. The van der Waals surface area contributed by atoms with Crippen LogP contribution < -0.4 is 4.31 Å². The topological polar surface area (TPSA) is 40.6 Å². The van der Waals surface area contributed by atoms with Gasteiger partial charge in [0.15, 0.2) is 0 Å². The molecule has 0 aliphatic carbocycles. The van der Waals surface area contributed by atoms with Crippen molar-refractivity contribution in [1.82, 2.24) is 4.90 Å². The Balaban J connectivity index is 1.87. The van der Waals surface area contributed by atoms with Gasteiger partial charge >= 0.3 is 0 Å². The molecule has 1 fully saturated rings. The molecule has 6 heteroatoms. The van der Waals surface area contributed by atoms with Crippen molar-refractivity contribution in [3.63, 3.8) is 0 Å². The molecule has 0 N–H and O–H groups in total.